The lowest BCUT2D eigenvalue weighted by molar-refractivity contribution is 0.113. The minimum Gasteiger partial charge on any atom is -0.377 e. The lowest BCUT2D eigenvalue weighted by atomic mass is 10.1. The second-order valence-electron chi connectivity index (χ2n) is 4.09. The number of halogens is 2. The first-order valence-electron chi connectivity index (χ1n) is 5.46. The van der Waals surface area contributed by atoms with Crippen molar-refractivity contribution < 1.29 is 9.13 Å². The Morgan fingerprint density at radius 3 is 3.00 bits per heavy atom. The van der Waals surface area contributed by atoms with Gasteiger partial charge in [-0.2, -0.15) is 0 Å². The van der Waals surface area contributed by atoms with Crippen LogP contribution in [-0.2, 0) is 11.3 Å². The molecule has 1 aliphatic heterocycles. The molecule has 0 bridgehead atoms. The Morgan fingerprint density at radius 1 is 1.56 bits per heavy atom. The summed E-state index contributed by atoms with van der Waals surface area (Å²) < 4.78 is 19.2. The summed E-state index contributed by atoms with van der Waals surface area (Å²) in [6, 6.07) is 5.17. The first-order valence-corrected chi connectivity index (χ1v) is 6.25. The first kappa shape index (κ1) is 12.0. The maximum absolute atomic E-state index is 12.9. The molecule has 1 saturated heterocycles. The number of rotatable bonds is 3. The number of benzene rings is 1. The van der Waals surface area contributed by atoms with Gasteiger partial charge in [0, 0.05) is 23.7 Å². The summed E-state index contributed by atoms with van der Waals surface area (Å²) in [4.78, 5) is 0. The molecule has 1 heterocycles. The Bertz CT molecular complexity index is 372. The molecule has 2 rings (SSSR count). The third-order valence-corrected chi connectivity index (χ3v) is 3.68. The van der Waals surface area contributed by atoms with E-state index in [1.54, 1.807) is 6.07 Å². The van der Waals surface area contributed by atoms with Crippen molar-refractivity contribution in [1.82, 2.24) is 5.32 Å². The van der Waals surface area contributed by atoms with Gasteiger partial charge in [0.05, 0.1) is 6.10 Å². The largest absolute Gasteiger partial charge is 0.377 e. The van der Waals surface area contributed by atoms with E-state index < -0.39 is 0 Å². The minimum atomic E-state index is -0.215. The van der Waals surface area contributed by atoms with Gasteiger partial charge >= 0.3 is 0 Å². The minimum absolute atomic E-state index is 0.215. The molecular formula is C12H15BrFNO. The molecule has 1 N–H and O–H groups in total. The van der Waals surface area contributed by atoms with Crippen molar-refractivity contribution in [3.8, 4) is 0 Å². The second-order valence-corrected chi connectivity index (χ2v) is 4.94. The quantitative estimate of drug-likeness (QED) is 0.923. The van der Waals surface area contributed by atoms with Crippen LogP contribution < -0.4 is 5.32 Å². The maximum atomic E-state index is 12.9. The Kier molecular flexibility index (Phi) is 3.95. The third kappa shape index (κ3) is 2.81. The molecule has 0 amide bonds. The summed E-state index contributed by atoms with van der Waals surface area (Å²) in [5.74, 6) is -0.215. The van der Waals surface area contributed by atoms with Gasteiger partial charge < -0.3 is 10.1 Å². The highest BCUT2D eigenvalue weighted by Gasteiger charge is 2.23. The Morgan fingerprint density at radius 2 is 2.38 bits per heavy atom. The third-order valence-electron chi connectivity index (χ3n) is 2.95. The summed E-state index contributed by atoms with van der Waals surface area (Å²) in [5, 5.41) is 3.43. The highest BCUT2D eigenvalue weighted by atomic mass is 79.9. The average molecular weight is 288 g/mol. The maximum Gasteiger partial charge on any atom is 0.124 e. The van der Waals surface area contributed by atoms with Gasteiger partial charge in [0.25, 0.3) is 0 Å². The molecular weight excluding hydrogens is 273 g/mol. The Hall–Kier alpha value is -0.450. The van der Waals surface area contributed by atoms with Crippen molar-refractivity contribution in [2.24, 2.45) is 0 Å². The Balaban J connectivity index is 1.94. The molecule has 0 aliphatic carbocycles. The molecule has 0 radical (unpaired) electrons. The SMILES string of the molecule is CC1OCCC1NCc1ccc(F)cc1Br. The molecule has 0 aromatic heterocycles. The lowest BCUT2D eigenvalue weighted by Crippen LogP contribution is -2.34. The smallest absolute Gasteiger partial charge is 0.124 e. The van der Waals surface area contributed by atoms with Gasteiger partial charge in [-0.15, -0.1) is 0 Å². The van der Waals surface area contributed by atoms with E-state index in [-0.39, 0.29) is 11.9 Å². The molecule has 88 valence electrons. The number of nitrogens with one attached hydrogen (secondary N) is 1. The van der Waals surface area contributed by atoms with Crippen LogP contribution in [-0.4, -0.2) is 18.8 Å². The molecule has 0 spiro atoms. The van der Waals surface area contributed by atoms with Gasteiger partial charge in [-0.1, -0.05) is 22.0 Å². The van der Waals surface area contributed by atoms with Crippen molar-refractivity contribution in [2.45, 2.75) is 32.0 Å². The number of ether oxygens (including phenoxy) is 1. The summed E-state index contributed by atoms with van der Waals surface area (Å²) in [7, 11) is 0. The zero-order valence-corrected chi connectivity index (χ0v) is 10.8. The standard InChI is InChI=1S/C12H15BrFNO/c1-8-12(4-5-16-8)15-7-9-2-3-10(14)6-11(9)13/h2-3,6,8,12,15H,4-5,7H2,1H3. The fourth-order valence-corrected chi connectivity index (χ4v) is 2.40. The highest BCUT2D eigenvalue weighted by molar-refractivity contribution is 9.10. The van der Waals surface area contributed by atoms with Crippen LogP contribution in [0.2, 0.25) is 0 Å². The van der Waals surface area contributed by atoms with E-state index in [0.29, 0.717) is 6.04 Å². The molecule has 1 aromatic carbocycles. The van der Waals surface area contributed by atoms with E-state index >= 15 is 0 Å². The van der Waals surface area contributed by atoms with E-state index in [1.165, 1.54) is 12.1 Å². The fourth-order valence-electron chi connectivity index (χ4n) is 1.91. The molecule has 2 unspecified atom stereocenters. The predicted octanol–water partition coefficient (Wildman–Crippen LogP) is 2.86. The van der Waals surface area contributed by atoms with Gasteiger partial charge in [0.15, 0.2) is 0 Å². The molecule has 1 aromatic rings. The highest BCUT2D eigenvalue weighted by Crippen LogP contribution is 2.19. The molecule has 1 fully saturated rings. The Labute approximate surface area is 103 Å². The van der Waals surface area contributed by atoms with Crippen LogP contribution in [0.3, 0.4) is 0 Å². The second kappa shape index (κ2) is 5.25. The van der Waals surface area contributed by atoms with Crippen molar-refractivity contribution >= 4 is 15.9 Å². The van der Waals surface area contributed by atoms with Crippen molar-refractivity contribution in [3.05, 3.63) is 34.1 Å². The van der Waals surface area contributed by atoms with Crippen molar-refractivity contribution in [1.29, 1.82) is 0 Å². The van der Waals surface area contributed by atoms with Gasteiger partial charge in [0.1, 0.15) is 5.82 Å². The summed E-state index contributed by atoms with van der Waals surface area (Å²) in [6.07, 6.45) is 1.30. The molecule has 4 heteroatoms. The normalized spacial score (nSPS) is 24.9. The van der Waals surface area contributed by atoms with E-state index in [9.17, 15) is 4.39 Å². The predicted molar refractivity (Wildman–Crippen MR) is 64.8 cm³/mol. The lowest BCUT2D eigenvalue weighted by Gasteiger charge is -2.16. The van der Waals surface area contributed by atoms with Crippen LogP contribution in [0, 0.1) is 5.82 Å². The molecule has 2 atom stereocenters. The van der Waals surface area contributed by atoms with Crippen LogP contribution in [0.15, 0.2) is 22.7 Å². The fraction of sp³-hybridized carbons (Fsp3) is 0.500. The summed E-state index contributed by atoms with van der Waals surface area (Å²) in [6.45, 7) is 3.63. The monoisotopic (exact) mass is 287 g/mol. The molecule has 2 nitrogen and oxygen atoms in total. The molecule has 16 heavy (non-hydrogen) atoms. The molecule has 1 aliphatic rings. The zero-order chi connectivity index (χ0) is 11.5. The van der Waals surface area contributed by atoms with Crippen LogP contribution in [0.25, 0.3) is 0 Å². The van der Waals surface area contributed by atoms with Crippen LogP contribution in [0.4, 0.5) is 4.39 Å². The molecule has 0 saturated carbocycles. The summed E-state index contributed by atoms with van der Waals surface area (Å²) in [5.41, 5.74) is 1.07. The van der Waals surface area contributed by atoms with E-state index in [0.717, 1.165) is 29.6 Å². The van der Waals surface area contributed by atoms with Gasteiger partial charge in [-0.3, -0.25) is 0 Å². The van der Waals surface area contributed by atoms with E-state index in [4.69, 9.17) is 4.74 Å². The van der Waals surface area contributed by atoms with E-state index in [1.807, 2.05) is 0 Å². The van der Waals surface area contributed by atoms with Gasteiger partial charge in [0.2, 0.25) is 0 Å². The van der Waals surface area contributed by atoms with Gasteiger partial charge in [-0.25, -0.2) is 4.39 Å². The zero-order valence-electron chi connectivity index (χ0n) is 9.17. The topological polar surface area (TPSA) is 21.3 Å². The number of hydrogen-bond donors (Lipinski definition) is 1. The van der Waals surface area contributed by atoms with Crippen molar-refractivity contribution in [2.75, 3.05) is 6.61 Å². The first-order chi connectivity index (χ1) is 7.66. The van der Waals surface area contributed by atoms with Crippen LogP contribution >= 0.6 is 15.9 Å². The van der Waals surface area contributed by atoms with Gasteiger partial charge in [-0.05, 0) is 31.0 Å². The van der Waals surface area contributed by atoms with E-state index in [2.05, 4.69) is 28.2 Å². The van der Waals surface area contributed by atoms with Crippen LogP contribution in [0.5, 0.6) is 0 Å². The number of hydrogen-bond acceptors (Lipinski definition) is 2. The summed E-state index contributed by atoms with van der Waals surface area (Å²) >= 11 is 3.36. The average Bonchev–Trinajstić information content (AvgIpc) is 2.63. The van der Waals surface area contributed by atoms with Crippen molar-refractivity contribution in [3.63, 3.8) is 0 Å². The van der Waals surface area contributed by atoms with Crippen LogP contribution in [0.1, 0.15) is 18.9 Å².